The van der Waals surface area contributed by atoms with Crippen molar-refractivity contribution in [2.24, 2.45) is 11.7 Å². The van der Waals surface area contributed by atoms with Crippen LogP contribution in [0.1, 0.15) is 45.1 Å². The predicted octanol–water partition coefficient (Wildman–Crippen LogP) is 3.87. The van der Waals surface area contributed by atoms with Crippen LogP contribution in [0.15, 0.2) is 12.1 Å². The summed E-state index contributed by atoms with van der Waals surface area (Å²) in [5, 5.41) is 0. The smallest absolute Gasteiger partial charge is 0.149 e. The van der Waals surface area contributed by atoms with Crippen molar-refractivity contribution in [3.05, 3.63) is 29.3 Å². The molecule has 1 aliphatic rings. The van der Waals surface area contributed by atoms with Crippen molar-refractivity contribution in [1.29, 1.82) is 0 Å². The van der Waals surface area contributed by atoms with E-state index in [-0.39, 0.29) is 17.8 Å². The van der Waals surface area contributed by atoms with Gasteiger partial charge in [-0.2, -0.15) is 0 Å². The van der Waals surface area contributed by atoms with Crippen molar-refractivity contribution < 1.29 is 8.78 Å². The first-order chi connectivity index (χ1) is 9.88. The zero-order valence-electron chi connectivity index (χ0n) is 13.2. The largest absolute Gasteiger partial charge is 0.367 e. The molecular formula is C17H26F2N2. The van der Waals surface area contributed by atoms with E-state index in [0.717, 1.165) is 19.3 Å². The standard InChI is InChI=1S/C17H26F2N2/c1-11-5-4-6-14(7-11)21(3)17-15(18)9-13(8-12(2)20)10-16(17)19/h9-12,14H,4-8,20H2,1-3H3. The normalized spacial score (nSPS) is 23.9. The molecule has 4 heteroatoms. The molecule has 1 aromatic rings. The van der Waals surface area contributed by atoms with Gasteiger partial charge in [-0.3, -0.25) is 0 Å². The summed E-state index contributed by atoms with van der Waals surface area (Å²) < 4.78 is 28.7. The minimum absolute atomic E-state index is 0.0996. The van der Waals surface area contributed by atoms with Gasteiger partial charge in [0, 0.05) is 19.1 Å². The molecule has 0 radical (unpaired) electrons. The van der Waals surface area contributed by atoms with Gasteiger partial charge in [0.05, 0.1) is 0 Å². The summed E-state index contributed by atoms with van der Waals surface area (Å²) in [5.41, 5.74) is 6.42. The second kappa shape index (κ2) is 6.73. The monoisotopic (exact) mass is 296 g/mol. The third kappa shape index (κ3) is 3.94. The lowest BCUT2D eigenvalue weighted by molar-refractivity contribution is 0.333. The number of rotatable bonds is 4. The molecule has 1 aliphatic carbocycles. The molecule has 3 unspecified atom stereocenters. The number of hydrogen-bond acceptors (Lipinski definition) is 2. The fourth-order valence-electron chi connectivity index (χ4n) is 3.38. The Morgan fingerprint density at radius 2 is 1.90 bits per heavy atom. The van der Waals surface area contributed by atoms with Gasteiger partial charge < -0.3 is 10.6 Å². The molecule has 0 heterocycles. The first-order valence-corrected chi connectivity index (χ1v) is 7.84. The maximum atomic E-state index is 14.3. The molecule has 0 spiro atoms. The molecule has 0 amide bonds. The Kier molecular flexibility index (Phi) is 5.20. The van der Waals surface area contributed by atoms with Crippen molar-refractivity contribution in [2.45, 2.75) is 58.0 Å². The Balaban J connectivity index is 2.22. The van der Waals surface area contributed by atoms with Crippen LogP contribution in [0.25, 0.3) is 0 Å². The molecule has 3 atom stereocenters. The van der Waals surface area contributed by atoms with Crippen LogP contribution in [0.3, 0.4) is 0 Å². The number of nitrogens with zero attached hydrogens (tertiary/aromatic N) is 1. The number of halogens is 2. The highest BCUT2D eigenvalue weighted by Crippen LogP contribution is 2.32. The summed E-state index contributed by atoms with van der Waals surface area (Å²) in [7, 11) is 1.80. The first kappa shape index (κ1) is 16.2. The van der Waals surface area contributed by atoms with E-state index in [1.807, 2.05) is 6.92 Å². The summed E-state index contributed by atoms with van der Waals surface area (Å²) >= 11 is 0. The molecule has 1 saturated carbocycles. The van der Waals surface area contributed by atoms with Crippen molar-refractivity contribution in [2.75, 3.05) is 11.9 Å². The van der Waals surface area contributed by atoms with Gasteiger partial charge in [-0.05, 0) is 49.8 Å². The Hall–Kier alpha value is -1.16. The van der Waals surface area contributed by atoms with Crippen molar-refractivity contribution in [3.8, 4) is 0 Å². The summed E-state index contributed by atoms with van der Waals surface area (Å²) in [5.74, 6) is -0.340. The van der Waals surface area contributed by atoms with Crippen molar-refractivity contribution >= 4 is 5.69 Å². The first-order valence-electron chi connectivity index (χ1n) is 7.84. The lowest BCUT2D eigenvalue weighted by Crippen LogP contribution is -2.36. The highest BCUT2D eigenvalue weighted by atomic mass is 19.1. The third-order valence-electron chi connectivity index (χ3n) is 4.44. The summed E-state index contributed by atoms with van der Waals surface area (Å²) in [4.78, 5) is 1.79. The van der Waals surface area contributed by atoms with Gasteiger partial charge in [-0.1, -0.05) is 19.8 Å². The highest BCUT2D eigenvalue weighted by molar-refractivity contribution is 5.51. The fraction of sp³-hybridized carbons (Fsp3) is 0.647. The van der Waals surface area contributed by atoms with E-state index in [1.54, 1.807) is 11.9 Å². The molecule has 21 heavy (non-hydrogen) atoms. The molecule has 0 aromatic heterocycles. The molecule has 1 aromatic carbocycles. The highest BCUT2D eigenvalue weighted by Gasteiger charge is 2.26. The van der Waals surface area contributed by atoms with Gasteiger partial charge in [0.15, 0.2) is 0 Å². The Morgan fingerprint density at radius 3 is 2.43 bits per heavy atom. The number of hydrogen-bond donors (Lipinski definition) is 1. The second-order valence-corrected chi connectivity index (χ2v) is 6.63. The lowest BCUT2D eigenvalue weighted by atomic mass is 9.86. The minimum atomic E-state index is -0.480. The maximum absolute atomic E-state index is 14.3. The van der Waals surface area contributed by atoms with Crippen LogP contribution >= 0.6 is 0 Å². The van der Waals surface area contributed by atoms with Gasteiger partial charge in [-0.15, -0.1) is 0 Å². The average molecular weight is 296 g/mol. The summed E-state index contributed by atoms with van der Waals surface area (Å²) in [6.45, 7) is 4.04. The van der Waals surface area contributed by atoms with Gasteiger partial charge in [0.2, 0.25) is 0 Å². The summed E-state index contributed by atoms with van der Waals surface area (Å²) in [6, 6.07) is 2.96. The Labute approximate surface area is 126 Å². The van der Waals surface area contributed by atoms with Gasteiger partial charge in [-0.25, -0.2) is 8.78 Å². The minimum Gasteiger partial charge on any atom is -0.367 e. The quantitative estimate of drug-likeness (QED) is 0.914. The van der Waals surface area contributed by atoms with Gasteiger partial charge >= 0.3 is 0 Å². The topological polar surface area (TPSA) is 29.3 Å². The number of anilines is 1. The average Bonchev–Trinajstić information content (AvgIpc) is 2.36. The van der Waals surface area contributed by atoms with Gasteiger partial charge in [0.25, 0.3) is 0 Å². The van der Waals surface area contributed by atoms with Crippen LogP contribution in [-0.2, 0) is 6.42 Å². The van der Waals surface area contributed by atoms with Crippen LogP contribution in [0, 0.1) is 17.6 Å². The van der Waals surface area contributed by atoms with Crippen LogP contribution < -0.4 is 10.6 Å². The SMILES string of the molecule is CC(N)Cc1cc(F)c(N(C)C2CCCC(C)C2)c(F)c1. The third-order valence-corrected chi connectivity index (χ3v) is 4.44. The zero-order valence-corrected chi connectivity index (χ0v) is 13.2. The van der Waals surface area contributed by atoms with Crippen molar-refractivity contribution in [1.82, 2.24) is 0 Å². The molecular weight excluding hydrogens is 270 g/mol. The summed E-state index contributed by atoms with van der Waals surface area (Å²) in [6.07, 6.45) is 4.82. The van der Waals surface area contributed by atoms with E-state index in [9.17, 15) is 8.78 Å². The van der Waals surface area contributed by atoms with E-state index < -0.39 is 11.6 Å². The molecule has 1 fully saturated rings. The molecule has 0 aliphatic heterocycles. The number of nitrogens with two attached hydrogens (primary N) is 1. The molecule has 118 valence electrons. The Morgan fingerprint density at radius 1 is 1.29 bits per heavy atom. The number of benzene rings is 1. The van der Waals surface area contributed by atoms with E-state index in [4.69, 9.17) is 5.73 Å². The van der Waals surface area contributed by atoms with Crippen LogP contribution in [0.5, 0.6) is 0 Å². The molecule has 2 nitrogen and oxygen atoms in total. The van der Waals surface area contributed by atoms with Crippen LogP contribution in [0.2, 0.25) is 0 Å². The zero-order chi connectivity index (χ0) is 15.6. The fourth-order valence-corrected chi connectivity index (χ4v) is 3.38. The van der Waals surface area contributed by atoms with E-state index >= 15 is 0 Å². The van der Waals surface area contributed by atoms with E-state index in [1.165, 1.54) is 18.6 Å². The van der Waals surface area contributed by atoms with E-state index in [0.29, 0.717) is 17.9 Å². The molecule has 0 saturated heterocycles. The maximum Gasteiger partial charge on any atom is 0.149 e. The molecule has 2 N–H and O–H groups in total. The van der Waals surface area contributed by atoms with Crippen LogP contribution in [0.4, 0.5) is 14.5 Å². The van der Waals surface area contributed by atoms with E-state index in [2.05, 4.69) is 6.92 Å². The Bertz CT molecular complexity index is 465. The van der Waals surface area contributed by atoms with Crippen molar-refractivity contribution in [3.63, 3.8) is 0 Å². The molecule has 0 bridgehead atoms. The lowest BCUT2D eigenvalue weighted by Gasteiger charge is -2.36. The second-order valence-electron chi connectivity index (χ2n) is 6.63. The van der Waals surface area contributed by atoms with Gasteiger partial charge in [0.1, 0.15) is 17.3 Å². The van der Waals surface area contributed by atoms with Crippen LogP contribution in [-0.4, -0.2) is 19.1 Å². The molecule has 2 rings (SSSR count). The predicted molar refractivity (Wildman–Crippen MR) is 83.5 cm³/mol.